The number of fused-ring (bicyclic) bond motifs is 4. The van der Waals surface area contributed by atoms with Crippen LogP contribution in [0.5, 0.6) is 5.75 Å². The molecule has 146 valence electrons. The fourth-order valence-corrected chi connectivity index (χ4v) is 4.67. The summed E-state index contributed by atoms with van der Waals surface area (Å²) in [5, 5.41) is 2.97. The van der Waals surface area contributed by atoms with Crippen LogP contribution in [-0.2, 0) is 26.2 Å². The molecule has 1 saturated heterocycles. The summed E-state index contributed by atoms with van der Waals surface area (Å²) in [6.45, 7) is 7.80. The second-order valence-electron chi connectivity index (χ2n) is 7.91. The Labute approximate surface area is 165 Å². The van der Waals surface area contributed by atoms with Crippen LogP contribution < -0.4 is 10.1 Å². The molecule has 5 heteroatoms. The Morgan fingerprint density at radius 1 is 1.18 bits per heavy atom. The molecule has 1 fully saturated rings. The molecule has 0 aromatic heterocycles. The summed E-state index contributed by atoms with van der Waals surface area (Å²) in [7, 11) is 0. The first-order valence-electron chi connectivity index (χ1n) is 9.65. The molecule has 2 heterocycles. The molecular formula is C23H25NO4. The van der Waals surface area contributed by atoms with Crippen LogP contribution in [-0.4, -0.2) is 24.2 Å². The topological polar surface area (TPSA) is 64.6 Å². The number of esters is 1. The van der Waals surface area contributed by atoms with Gasteiger partial charge in [0.25, 0.3) is 0 Å². The van der Waals surface area contributed by atoms with E-state index in [1.165, 1.54) is 0 Å². The smallest absolute Gasteiger partial charge is 0.316 e. The SMILES string of the molecule is CCOC(=O)[C@@H]1[C@@]2(C)NC(=O)[C@]1(Cc1ccccc1)c1cc(C)c(C)cc1O2. The number of carbonyl (C=O) groups excluding carboxylic acids is 2. The molecule has 2 aromatic carbocycles. The molecule has 2 aromatic rings. The first-order chi connectivity index (χ1) is 13.3. The van der Waals surface area contributed by atoms with E-state index in [2.05, 4.69) is 5.32 Å². The Morgan fingerprint density at radius 3 is 2.54 bits per heavy atom. The zero-order chi connectivity index (χ0) is 20.1. The lowest BCUT2D eigenvalue weighted by molar-refractivity contribution is -0.160. The molecule has 4 rings (SSSR count). The fourth-order valence-electron chi connectivity index (χ4n) is 4.67. The Balaban J connectivity index is 1.98. The summed E-state index contributed by atoms with van der Waals surface area (Å²) < 4.78 is 11.6. The van der Waals surface area contributed by atoms with Gasteiger partial charge in [0.15, 0.2) is 5.72 Å². The number of amides is 1. The predicted octanol–water partition coefficient (Wildman–Crippen LogP) is 3.20. The van der Waals surface area contributed by atoms with Crippen LogP contribution in [0.2, 0.25) is 0 Å². The van der Waals surface area contributed by atoms with E-state index in [9.17, 15) is 9.59 Å². The van der Waals surface area contributed by atoms with Gasteiger partial charge in [0.1, 0.15) is 17.1 Å². The normalized spacial score (nSPS) is 27.6. The summed E-state index contributed by atoms with van der Waals surface area (Å²) in [4.78, 5) is 26.5. The van der Waals surface area contributed by atoms with Crippen molar-refractivity contribution in [2.24, 2.45) is 5.92 Å². The lowest BCUT2D eigenvalue weighted by Crippen LogP contribution is -2.56. The average molecular weight is 379 g/mol. The van der Waals surface area contributed by atoms with Gasteiger partial charge in [0.05, 0.1) is 6.61 Å². The van der Waals surface area contributed by atoms with Crippen molar-refractivity contribution in [3.8, 4) is 5.75 Å². The molecule has 2 aliphatic rings. The van der Waals surface area contributed by atoms with Crippen molar-refractivity contribution >= 4 is 11.9 Å². The van der Waals surface area contributed by atoms with Crippen LogP contribution >= 0.6 is 0 Å². The summed E-state index contributed by atoms with van der Waals surface area (Å²) in [5.74, 6) is -0.732. The molecule has 28 heavy (non-hydrogen) atoms. The lowest BCUT2D eigenvalue weighted by atomic mass is 9.64. The average Bonchev–Trinajstić information content (AvgIpc) is 2.80. The largest absolute Gasteiger partial charge is 0.467 e. The first-order valence-corrected chi connectivity index (χ1v) is 9.65. The number of carbonyl (C=O) groups is 2. The second kappa shape index (κ2) is 6.36. The maximum absolute atomic E-state index is 13.5. The Hall–Kier alpha value is -2.82. The van der Waals surface area contributed by atoms with Crippen LogP contribution in [0.25, 0.3) is 0 Å². The van der Waals surface area contributed by atoms with Gasteiger partial charge >= 0.3 is 5.97 Å². The minimum atomic E-state index is -1.15. The molecule has 3 atom stereocenters. The van der Waals surface area contributed by atoms with E-state index < -0.39 is 23.0 Å². The van der Waals surface area contributed by atoms with Crippen LogP contribution in [0, 0.1) is 19.8 Å². The fraction of sp³-hybridized carbons (Fsp3) is 0.391. The number of nitrogens with one attached hydrogen (secondary N) is 1. The molecule has 0 aliphatic carbocycles. The van der Waals surface area contributed by atoms with Gasteiger partial charge in [-0.25, -0.2) is 0 Å². The number of benzene rings is 2. The van der Waals surface area contributed by atoms with E-state index in [-0.39, 0.29) is 12.5 Å². The number of aryl methyl sites for hydroxylation is 2. The molecule has 0 radical (unpaired) electrons. The molecule has 2 aliphatic heterocycles. The number of hydrogen-bond donors (Lipinski definition) is 1. The molecule has 0 unspecified atom stereocenters. The monoisotopic (exact) mass is 379 g/mol. The number of ether oxygens (including phenoxy) is 2. The summed E-state index contributed by atoms with van der Waals surface area (Å²) in [5.41, 5.74) is 1.66. The minimum Gasteiger partial charge on any atom is -0.467 e. The Kier molecular flexibility index (Phi) is 4.21. The van der Waals surface area contributed by atoms with Gasteiger partial charge in [-0.1, -0.05) is 36.4 Å². The van der Waals surface area contributed by atoms with E-state index in [0.29, 0.717) is 12.2 Å². The maximum Gasteiger partial charge on any atom is 0.316 e. The van der Waals surface area contributed by atoms with Gasteiger partial charge in [0, 0.05) is 5.56 Å². The van der Waals surface area contributed by atoms with Gasteiger partial charge in [-0.3, -0.25) is 9.59 Å². The van der Waals surface area contributed by atoms with E-state index in [4.69, 9.17) is 9.47 Å². The maximum atomic E-state index is 13.5. The van der Waals surface area contributed by atoms with E-state index in [0.717, 1.165) is 22.3 Å². The highest BCUT2D eigenvalue weighted by molar-refractivity contribution is 6.00. The molecule has 5 nitrogen and oxygen atoms in total. The van der Waals surface area contributed by atoms with Crippen molar-refractivity contribution in [3.63, 3.8) is 0 Å². The van der Waals surface area contributed by atoms with Crippen molar-refractivity contribution in [2.75, 3.05) is 6.61 Å². The highest BCUT2D eigenvalue weighted by Gasteiger charge is 2.70. The predicted molar refractivity (Wildman–Crippen MR) is 105 cm³/mol. The molecule has 1 N–H and O–H groups in total. The highest BCUT2D eigenvalue weighted by atomic mass is 16.5. The third kappa shape index (κ3) is 2.53. The van der Waals surface area contributed by atoms with Crippen molar-refractivity contribution in [3.05, 3.63) is 64.7 Å². The quantitative estimate of drug-likeness (QED) is 0.829. The number of rotatable bonds is 4. The Bertz CT molecular complexity index is 955. The molecular weight excluding hydrogens is 354 g/mol. The van der Waals surface area contributed by atoms with Crippen LogP contribution in [0.1, 0.15) is 36.1 Å². The van der Waals surface area contributed by atoms with Crippen molar-refractivity contribution in [1.82, 2.24) is 5.32 Å². The van der Waals surface area contributed by atoms with Crippen molar-refractivity contribution in [2.45, 2.75) is 45.3 Å². The van der Waals surface area contributed by atoms with Crippen LogP contribution in [0.4, 0.5) is 0 Å². The van der Waals surface area contributed by atoms with Gasteiger partial charge < -0.3 is 14.8 Å². The van der Waals surface area contributed by atoms with Crippen LogP contribution in [0.3, 0.4) is 0 Å². The molecule has 0 saturated carbocycles. The van der Waals surface area contributed by atoms with Gasteiger partial charge in [-0.05, 0) is 56.9 Å². The molecule has 1 amide bonds. The summed E-state index contributed by atoms with van der Waals surface area (Å²) in [6.07, 6.45) is 0.400. The number of hydrogen-bond acceptors (Lipinski definition) is 4. The first kappa shape index (κ1) is 18.5. The molecule has 0 spiro atoms. The van der Waals surface area contributed by atoms with Gasteiger partial charge in [-0.15, -0.1) is 0 Å². The van der Waals surface area contributed by atoms with Crippen LogP contribution in [0.15, 0.2) is 42.5 Å². The molecule has 2 bridgehead atoms. The van der Waals surface area contributed by atoms with E-state index in [1.54, 1.807) is 13.8 Å². The standard InChI is InChI=1S/C23H25NO4/c1-5-27-20(25)19-22(4)24-21(26)23(19,13-16-9-7-6-8-10-16)17-11-14(2)15(3)12-18(17)28-22/h6-12,19H,5,13H2,1-4H3,(H,24,26)/t19-,22+,23-/m1/s1. The van der Waals surface area contributed by atoms with Gasteiger partial charge in [0.2, 0.25) is 5.91 Å². The van der Waals surface area contributed by atoms with Crippen molar-refractivity contribution < 1.29 is 19.1 Å². The highest BCUT2D eigenvalue weighted by Crippen LogP contribution is 2.55. The Morgan fingerprint density at radius 2 is 1.86 bits per heavy atom. The van der Waals surface area contributed by atoms with E-state index in [1.807, 2.05) is 56.3 Å². The van der Waals surface area contributed by atoms with E-state index >= 15 is 0 Å². The third-order valence-corrected chi connectivity index (χ3v) is 6.06. The second-order valence-corrected chi connectivity index (χ2v) is 7.91. The summed E-state index contributed by atoms with van der Waals surface area (Å²) in [6, 6.07) is 13.7. The van der Waals surface area contributed by atoms with Gasteiger partial charge in [-0.2, -0.15) is 0 Å². The third-order valence-electron chi connectivity index (χ3n) is 6.06. The minimum absolute atomic E-state index is 0.195. The summed E-state index contributed by atoms with van der Waals surface area (Å²) >= 11 is 0. The lowest BCUT2D eigenvalue weighted by Gasteiger charge is -2.43. The zero-order valence-corrected chi connectivity index (χ0v) is 16.7. The van der Waals surface area contributed by atoms with Crippen molar-refractivity contribution in [1.29, 1.82) is 0 Å². The zero-order valence-electron chi connectivity index (χ0n) is 16.7.